The molecule has 3 rings (SSSR count). The molecule has 0 saturated heterocycles. The van der Waals surface area contributed by atoms with Gasteiger partial charge in [0.1, 0.15) is 0 Å². The second-order valence-electron chi connectivity index (χ2n) is 7.22. The molecule has 158 valence electrons. The largest absolute Gasteiger partial charge is 0.493 e. The van der Waals surface area contributed by atoms with Crippen LogP contribution in [0.1, 0.15) is 48.0 Å². The molecule has 0 aliphatic heterocycles. The fourth-order valence-electron chi connectivity index (χ4n) is 3.48. The Morgan fingerprint density at radius 2 is 1.67 bits per heavy atom. The molecule has 7 heteroatoms. The van der Waals surface area contributed by atoms with E-state index in [-0.39, 0.29) is 17.7 Å². The van der Waals surface area contributed by atoms with Crippen molar-refractivity contribution in [1.82, 2.24) is 5.43 Å². The second-order valence-corrected chi connectivity index (χ2v) is 7.22. The molecular weight excluding hydrogens is 382 g/mol. The summed E-state index contributed by atoms with van der Waals surface area (Å²) in [6.07, 6.45) is 6.86. The van der Waals surface area contributed by atoms with Crippen LogP contribution in [0, 0.1) is 5.92 Å². The average Bonchev–Trinajstić information content (AvgIpc) is 2.79. The highest BCUT2D eigenvalue weighted by Gasteiger charge is 2.21. The highest BCUT2D eigenvalue weighted by molar-refractivity contribution is 5.96. The number of ether oxygens (including phenoxy) is 2. The summed E-state index contributed by atoms with van der Waals surface area (Å²) in [5.41, 5.74) is 4.40. The Hall–Kier alpha value is -3.35. The normalized spacial score (nSPS) is 14.3. The van der Waals surface area contributed by atoms with Crippen molar-refractivity contribution >= 4 is 23.7 Å². The highest BCUT2D eigenvalue weighted by atomic mass is 16.5. The minimum Gasteiger partial charge on any atom is -0.493 e. The third-order valence-corrected chi connectivity index (χ3v) is 5.18. The Kier molecular flexibility index (Phi) is 7.43. The summed E-state index contributed by atoms with van der Waals surface area (Å²) >= 11 is 0. The smallest absolute Gasteiger partial charge is 0.271 e. The van der Waals surface area contributed by atoms with E-state index in [1.165, 1.54) is 12.6 Å². The number of amides is 2. The van der Waals surface area contributed by atoms with Crippen LogP contribution in [0.25, 0.3) is 0 Å². The maximum absolute atomic E-state index is 12.3. The van der Waals surface area contributed by atoms with Crippen LogP contribution in [-0.2, 0) is 4.79 Å². The Bertz CT molecular complexity index is 903. The summed E-state index contributed by atoms with van der Waals surface area (Å²) in [4.78, 5) is 24.6. The summed E-state index contributed by atoms with van der Waals surface area (Å²) in [5, 5.41) is 6.93. The zero-order chi connectivity index (χ0) is 21.3. The molecular formula is C23H27N3O4. The van der Waals surface area contributed by atoms with Gasteiger partial charge in [-0.1, -0.05) is 19.3 Å². The Balaban J connectivity index is 1.54. The first-order valence-corrected chi connectivity index (χ1v) is 10.1. The zero-order valence-electron chi connectivity index (χ0n) is 17.3. The van der Waals surface area contributed by atoms with E-state index in [0.29, 0.717) is 22.7 Å². The molecule has 2 aromatic rings. The number of rotatable bonds is 7. The molecule has 0 unspecified atom stereocenters. The molecule has 1 aliphatic rings. The van der Waals surface area contributed by atoms with Crippen molar-refractivity contribution in [3.05, 3.63) is 53.6 Å². The first kappa shape index (κ1) is 21.4. The average molecular weight is 409 g/mol. The maximum Gasteiger partial charge on any atom is 0.271 e. The van der Waals surface area contributed by atoms with Crippen LogP contribution in [-0.4, -0.2) is 32.2 Å². The number of carbonyl (C=O) groups excluding carboxylic acids is 2. The van der Waals surface area contributed by atoms with Crippen molar-refractivity contribution < 1.29 is 19.1 Å². The molecule has 7 nitrogen and oxygen atoms in total. The summed E-state index contributed by atoms with van der Waals surface area (Å²) in [5.74, 6) is 1.02. The Morgan fingerprint density at radius 3 is 2.33 bits per heavy atom. The van der Waals surface area contributed by atoms with Crippen LogP contribution >= 0.6 is 0 Å². The van der Waals surface area contributed by atoms with Crippen LogP contribution in [0.2, 0.25) is 0 Å². The van der Waals surface area contributed by atoms with Gasteiger partial charge in [0.2, 0.25) is 5.91 Å². The van der Waals surface area contributed by atoms with Crippen molar-refractivity contribution in [2.45, 2.75) is 32.1 Å². The van der Waals surface area contributed by atoms with Gasteiger partial charge in [0.05, 0.1) is 20.4 Å². The van der Waals surface area contributed by atoms with Crippen LogP contribution in [0.3, 0.4) is 0 Å². The van der Waals surface area contributed by atoms with E-state index in [0.717, 1.165) is 31.2 Å². The monoisotopic (exact) mass is 409 g/mol. The molecule has 0 aromatic heterocycles. The summed E-state index contributed by atoms with van der Waals surface area (Å²) in [6, 6.07) is 12.1. The first-order chi connectivity index (χ1) is 14.6. The number of methoxy groups -OCH3 is 2. The number of carbonyl (C=O) groups is 2. The quantitative estimate of drug-likeness (QED) is 0.535. The lowest BCUT2D eigenvalue weighted by Crippen LogP contribution is -2.24. The molecule has 1 saturated carbocycles. The van der Waals surface area contributed by atoms with Crippen LogP contribution in [0.15, 0.2) is 47.6 Å². The zero-order valence-corrected chi connectivity index (χ0v) is 17.3. The number of hydrogen-bond donors (Lipinski definition) is 2. The van der Waals surface area contributed by atoms with Gasteiger partial charge in [-0.2, -0.15) is 5.10 Å². The van der Waals surface area contributed by atoms with Crippen molar-refractivity contribution in [2.24, 2.45) is 11.0 Å². The number of nitrogens with zero attached hydrogens (tertiary/aromatic N) is 1. The standard InChI is InChI=1S/C23H27N3O4/c1-29-20-13-8-16(14-21(20)30-2)15-24-26-23(28)18-9-11-19(12-10-18)25-22(27)17-6-4-3-5-7-17/h8-15,17H,3-7H2,1-2H3,(H,25,27)(H,26,28)/b24-15+. The van der Waals surface area contributed by atoms with Crippen molar-refractivity contribution in [1.29, 1.82) is 0 Å². The molecule has 2 amide bonds. The molecule has 1 aliphatic carbocycles. The lowest BCUT2D eigenvalue weighted by Gasteiger charge is -2.20. The van der Waals surface area contributed by atoms with Gasteiger partial charge in [0.15, 0.2) is 11.5 Å². The van der Waals surface area contributed by atoms with Gasteiger partial charge in [-0.05, 0) is 60.9 Å². The van der Waals surface area contributed by atoms with E-state index in [1.807, 2.05) is 0 Å². The fraction of sp³-hybridized carbons (Fsp3) is 0.348. The Labute approximate surface area is 176 Å². The van der Waals surface area contributed by atoms with Gasteiger partial charge < -0.3 is 14.8 Å². The minimum atomic E-state index is -0.336. The van der Waals surface area contributed by atoms with Gasteiger partial charge in [-0.25, -0.2) is 5.43 Å². The predicted molar refractivity (Wildman–Crippen MR) is 116 cm³/mol. The number of nitrogens with one attached hydrogen (secondary N) is 2. The predicted octanol–water partition coefficient (Wildman–Crippen LogP) is 3.99. The molecule has 0 heterocycles. The third-order valence-electron chi connectivity index (χ3n) is 5.18. The van der Waals surface area contributed by atoms with Gasteiger partial charge >= 0.3 is 0 Å². The van der Waals surface area contributed by atoms with Crippen molar-refractivity contribution in [3.63, 3.8) is 0 Å². The van der Waals surface area contributed by atoms with Gasteiger partial charge in [-0.3, -0.25) is 9.59 Å². The lowest BCUT2D eigenvalue weighted by molar-refractivity contribution is -0.120. The SMILES string of the molecule is COc1ccc(/C=N/NC(=O)c2ccc(NC(=O)C3CCCCC3)cc2)cc1OC. The molecule has 0 spiro atoms. The van der Waals surface area contributed by atoms with Gasteiger partial charge in [0, 0.05) is 17.2 Å². The number of hydrogen-bond acceptors (Lipinski definition) is 5. The van der Waals surface area contributed by atoms with E-state index < -0.39 is 0 Å². The number of benzene rings is 2. The van der Waals surface area contributed by atoms with Crippen LogP contribution in [0.4, 0.5) is 5.69 Å². The topological polar surface area (TPSA) is 89.0 Å². The lowest BCUT2D eigenvalue weighted by atomic mass is 9.88. The maximum atomic E-state index is 12.3. The molecule has 30 heavy (non-hydrogen) atoms. The first-order valence-electron chi connectivity index (χ1n) is 10.1. The van der Waals surface area contributed by atoms with Crippen LogP contribution < -0.4 is 20.2 Å². The summed E-state index contributed by atoms with van der Waals surface area (Å²) in [7, 11) is 3.13. The molecule has 2 N–H and O–H groups in total. The van der Waals surface area contributed by atoms with Gasteiger partial charge in [-0.15, -0.1) is 0 Å². The van der Waals surface area contributed by atoms with Gasteiger partial charge in [0.25, 0.3) is 5.91 Å². The minimum absolute atomic E-state index is 0.0615. The molecule has 1 fully saturated rings. The third kappa shape index (κ3) is 5.59. The van der Waals surface area contributed by atoms with E-state index >= 15 is 0 Å². The van der Waals surface area contributed by atoms with E-state index in [2.05, 4.69) is 15.8 Å². The fourth-order valence-corrected chi connectivity index (χ4v) is 3.48. The van der Waals surface area contributed by atoms with Crippen LogP contribution in [0.5, 0.6) is 11.5 Å². The van der Waals surface area contributed by atoms with E-state index in [1.54, 1.807) is 56.7 Å². The molecule has 0 bridgehead atoms. The summed E-state index contributed by atoms with van der Waals surface area (Å²) < 4.78 is 10.4. The number of hydrazone groups is 1. The molecule has 0 atom stereocenters. The molecule has 2 aromatic carbocycles. The summed E-state index contributed by atoms with van der Waals surface area (Å²) in [6.45, 7) is 0. The second kappa shape index (κ2) is 10.4. The van der Waals surface area contributed by atoms with Crippen molar-refractivity contribution in [2.75, 3.05) is 19.5 Å². The highest BCUT2D eigenvalue weighted by Crippen LogP contribution is 2.27. The number of anilines is 1. The van der Waals surface area contributed by atoms with Crippen molar-refractivity contribution in [3.8, 4) is 11.5 Å². The Morgan fingerprint density at radius 1 is 0.967 bits per heavy atom. The van der Waals surface area contributed by atoms with E-state index in [9.17, 15) is 9.59 Å². The van der Waals surface area contributed by atoms with E-state index in [4.69, 9.17) is 9.47 Å². The molecule has 0 radical (unpaired) electrons.